The quantitative estimate of drug-likeness (QED) is 0.881. The van der Waals surface area contributed by atoms with E-state index in [-0.39, 0.29) is 6.04 Å². The predicted octanol–water partition coefficient (Wildman–Crippen LogP) is 4.33. The monoisotopic (exact) mass is 275 g/mol. The summed E-state index contributed by atoms with van der Waals surface area (Å²) in [5.74, 6) is 0.830. The maximum atomic E-state index is 6.12. The van der Waals surface area contributed by atoms with E-state index in [1.54, 1.807) is 0 Å². The van der Waals surface area contributed by atoms with E-state index in [1.165, 1.54) is 0 Å². The minimum atomic E-state index is 0.00226. The number of rotatable bonds is 5. The second kappa shape index (κ2) is 6.60. The third-order valence-corrected chi connectivity index (χ3v) is 3.47. The standard InChI is InChI=1S/C16H18ClNO/c1-2-15(18)13-8-4-6-10-16(13)19-11-12-7-3-5-9-14(12)17/h3-10,15H,2,11,18H2,1H3/t15-/m1/s1. The molecule has 0 aliphatic carbocycles. The molecule has 0 bridgehead atoms. The molecule has 100 valence electrons. The van der Waals surface area contributed by atoms with Crippen LogP contribution in [0.1, 0.15) is 30.5 Å². The average molecular weight is 276 g/mol. The van der Waals surface area contributed by atoms with Crippen LogP contribution in [0.25, 0.3) is 0 Å². The van der Waals surface area contributed by atoms with Crippen molar-refractivity contribution in [3.8, 4) is 5.75 Å². The summed E-state index contributed by atoms with van der Waals surface area (Å²) in [6.45, 7) is 2.52. The summed E-state index contributed by atoms with van der Waals surface area (Å²) < 4.78 is 5.86. The van der Waals surface area contributed by atoms with E-state index in [0.29, 0.717) is 6.61 Å². The van der Waals surface area contributed by atoms with Crippen LogP contribution in [0.2, 0.25) is 5.02 Å². The molecule has 2 N–H and O–H groups in total. The maximum absolute atomic E-state index is 6.12. The Balaban J connectivity index is 2.14. The van der Waals surface area contributed by atoms with Crippen LogP contribution in [-0.2, 0) is 6.61 Å². The average Bonchev–Trinajstić information content (AvgIpc) is 2.46. The molecule has 0 spiro atoms. The van der Waals surface area contributed by atoms with Crippen molar-refractivity contribution in [2.45, 2.75) is 26.0 Å². The smallest absolute Gasteiger partial charge is 0.124 e. The topological polar surface area (TPSA) is 35.2 Å². The summed E-state index contributed by atoms with van der Waals surface area (Å²) in [6.07, 6.45) is 0.881. The first-order valence-electron chi connectivity index (χ1n) is 6.43. The number of para-hydroxylation sites is 1. The number of nitrogens with two attached hydrogens (primary N) is 1. The molecule has 0 saturated carbocycles. The van der Waals surface area contributed by atoms with E-state index in [0.717, 1.165) is 28.3 Å². The number of hydrogen-bond donors (Lipinski definition) is 1. The van der Waals surface area contributed by atoms with Gasteiger partial charge in [0, 0.05) is 22.2 Å². The Bertz CT molecular complexity index is 542. The van der Waals surface area contributed by atoms with E-state index >= 15 is 0 Å². The first kappa shape index (κ1) is 13.9. The van der Waals surface area contributed by atoms with Crippen LogP contribution in [0.3, 0.4) is 0 Å². The maximum Gasteiger partial charge on any atom is 0.124 e. The lowest BCUT2D eigenvalue weighted by molar-refractivity contribution is 0.301. The lowest BCUT2D eigenvalue weighted by Gasteiger charge is -2.16. The zero-order valence-corrected chi connectivity index (χ0v) is 11.7. The van der Waals surface area contributed by atoms with Crippen molar-refractivity contribution in [3.63, 3.8) is 0 Å². The molecule has 0 unspecified atom stereocenters. The molecular formula is C16H18ClNO. The molecular weight excluding hydrogens is 258 g/mol. The highest BCUT2D eigenvalue weighted by atomic mass is 35.5. The highest BCUT2D eigenvalue weighted by molar-refractivity contribution is 6.31. The molecule has 0 aromatic heterocycles. The summed E-state index contributed by atoms with van der Waals surface area (Å²) in [7, 11) is 0. The van der Waals surface area contributed by atoms with Crippen LogP contribution in [0.5, 0.6) is 5.75 Å². The van der Waals surface area contributed by atoms with Gasteiger partial charge < -0.3 is 10.5 Å². The van der Waals surface area contributed by atoms with Crippen LogP contribution >= 0.6 is 11.6 Å². The van der Waals surface area contributed by atoms with E-state index in [2.05, 4.69) is 6.92 Å². The van der Waals surface area contributed by atoms with Gasteiger partial charge in [-0.3, -0.25) is 0 Å². The molecule has 0 amide bonds. The largest absolute Gasteiger partial charge is 0.489 e. The molecule has 0 radical (unpaired) electrons. The number of halogens is 1. The van der Waals surface area contributed by atoms with Crippen molar-refractivity contribution >= 4 is 11.6 Å². The van der Waals surface area contributed by atoms with Gasteiger partial charge in [-0.2, -0.15) is 0 Å². The van der Waals surface area contributed by atoms with Gasteiger partial charge in [-0.05, 0) is 18.6 Å². The van der Waals surface area contributed by atoms with Crippen molar-refractivity contribution in [1.82, 2.24) is 0 Å². The minimum absolute atomic E-state index is 0.00226. The van der Waals surface area contributed by atoms with Crippen molar-refractivity contribution in [2.75, 3.05) is 0 Å². The zero-order chi connectivity index (χ0) is 13.7. The number of benzene rings is 2. The van der Waals surface area contributed by atoms with Crippen LogP contribution in [0, 0.1) is 0 Å². The Morgan fingerprint density at radius 3 is 2.53 bits per heavy atom. The second-order valence-electron chi connectivity index (χ2n) is 4.43. The van der Waals surface area contributed by atoms with E-state index in [4.69, 9.17) is 22.1 Å². The number of ether oxygens (including phenoxy) is 1. The van der Waals surface area contributed by atoms with Crippen molar-refractivity contribution in [1.29, 1.82) is 0 Å². The van der Waals surface area contributed by atoms with Crippen molar-refractivity contribution in [3.05, 3.63) is 64.7 Å². The first-order chi connectivity index (χ1) is 9.22. The highest BCUT2D eigenvalue weighted by Crippen LogP contribution is 2.27. The van der Waals surface area contributed by atoms with Gasteiger partial charge in [0.15, 0.2) is 0 Å². The van der Waals surface area contributed by atoms with E-state index < -0.39 is 0 Å². The Morgan fingerprint density at radius 2 is 1.79 bits per heavy atom. The van der Waals surface area contributed by atoms with Gasteiger partial charge in [0.1, 0.15) is 12.4 Å². The van der Waals surface area contributed by atoms with Crippen LogP contribution in [-0.4, -0.2) is 0 Å². The third-order valence-electron chi connectivity index (χ3n) is 3.10. The lowest BCUT2D eigenvalue weighted by Crippen LogP contribution is -2.10. The Labute approximate surface area is 119 Å². The minimum Gasteiger partial charge on any atom is -0.489 e. The summed E-state index contributed by atoms with van der Waals surface area (Å²) in [5, 5.41) is 0.722. The molecule has 0 heterocycles. The fourth-order valence-corrected chi connectivity index (χ4v) is 2.10. The molecule has 0 aliphatic heterocycles. The molecule has 2 nitrogen and oxygen atoms in total. The highest BCUT2D eigenvalue weighted by Gasteiger charge is 2.10. The van der Waals surface area contributed by atoms with Gasteiger partial charge >= 0.3 is 0 Å². The van der Waals surface area contributed by atoms with Crippen LogP contribution < -0.4 is 10.5 Å². The fraction of sp³-hybridized carbons (Fsp3) is 0.250. The molecule has 0 saturated heterocycles. The van der Waals surface area contributed by atoms with Gasteiger partial charge in [-0.15, -0.1) is 0 Å². The van der Waals surface area contributed by atoms with Crippen LogP contribution in [0.4, 0.5) is 0 Å². The van der Waals surface area contributed by atoms with Crippen LogP contribution in [0.15, 0.2) is 48.5 Å². The third kappa shape index (κ3) is 3.49. The molecule has 19 heavy (non-hydrogen) atoms. The molecule has 0 aliphatic rings. The molecule has 2 aromatic carbocycles. The molecule has 0 fully saturated rings. The Kier molecular flexibility index (Phi) is 4.83. The molecule has 3 heteroatoms. The summed E-state index contributed by atoms with van der Waals surface area (Å²) in [5.41, 5.74) is 8.10. The SMILES string of the molecule is CC[C@@H](N)c1ccccc1OCc1ccccc1Cl. The Morgan fingerprint density at radius 1 is 1.11 bits per heavy atom. The van der Waals surface area contributed by atoms with Crippen molar-refractivity contribution in [2.24, 2.45) is 5.73 Å². The summed E-state index contributed by atoms with van der Waals surface area (Å²) in [6, 6.07) is 15.6. The molecule has 2 rings (SSSR count). The summed E-state index contributed by atoms with van der Waals surface area (Å²) in [4.78, 5) is 0. The Hall–Kier alpha value is -1.51. The molecule has 2 aromatic rings. The van der Waals surface area contributed by atoms with Gasteiger partial charge in [-0.1, -0.05) is 54.9 Å². The predicted molar refractivity (Wildman–Crippen MR) is 79.4 cm³/mol. The normalized spacial score (nSPS) is 12.2. The van der Waals surface area contributed by atoms with E-state index in [9.17, 15) is 0 Å². The fourth-order valence-electron chi connectivity index (χ4n) is 1.91. The van der Waals surface area contributed by atoms with Gasteiger partial charge in [0.25, 0.3) is 0 Å². The lowest BCUT2D eigenvalue weighted by atomic mass is 10.0. The summed E-state index contributed by atoms with van der Waals surface area (Å²) >= 11 is 6.12. The van der Waals surface area contributed by atoms with Crippen molar-refractivity contribution < 1.29 is 4.74 Å². The van der Waals surface area contributed by atoms with Gasteiger partial charge in [-0.25, -0.2) is 0 Å². The van der Waals surface area contributed by atoms with Gasteiger partial charge in [0.05, 0.1) is 0 Å². The first-order valence-corrected chi connectivity index (χ1v) is 6.81. The second-order valence-corrected chi connectivity index (χ2v) is 4.84. The van der Waals surface area contributed by atoms with Gasteiger partial charge in [0.2, 0.25) is 0 Å². The number of hydrogen-bond acceptors (Lipinski definition) is 2. The van der Waals surface area contributed by atoms with E-state index in [1.807, 2.05) is 48.5 Å². The molecule has 1 atom stereocenters. The zero-order valence-electron chi connectivity index (χ0n) is 11.0.